The first-order valence-corrected chi connectivity index (χ1v) is 8.86. The molecule has 4 nitrogen and oxygen atoms in total. The Morgan fingerprint density at radius 2 is 1.87 bits per heavy atom. The van der Waals surface area contributed by atoms with E-state index in [0.29, 0.717) is 12.5 Å². The number of benzene rings is 1. The Morgan fingerprint density at radius 3 is 2.48 bits per heavy atom. The molecule has 0 spiro atoms. The molecule has 0 aliphatic heterocycles. The van der Waals surface area contributed by atoms with E-state index in [2.05, 4.69) is 60.7 Å². The normalized spacial score (nSPS) is 20.1. The molecule has 1 aliphatic carbocycles. The molecule has 0 heterocycles. The Bertz CT molecular complexity index is 495. The van der Waals surface area contributed by atoms with E-state index in [1.165, 1.54) is 5.56 Å². The van der Waals surface area contributed by atoms with E-state index < -0.39 is 5.60 Å². The Kier molecular flexibility index (Phi) is 6.46. The Balaban J connectivity index is 1.97. The summed E-state index contributed by atoms with van der Waals surface area (Å²) in [7, 11) is 0. The van der Waals surface area contributed by atoms with Crippen molar-refractivity contribution >= 4 is 5.96 Å². The maximum absolute atomic E-state index is 10.5. The minimum absolute atomic E-state index is 0.258. The predicted molar refractivity (Wildman–Crippen MR) is 96.9 cm³/mol. The first-order valence-electron chi connectivity index (χ1n) is 8.86. The second-order valence-electron chi connectivity index (χ2n) is 6.76. The lowest BCUT2D eigenvalue weighted by Gasteiger charge is -2.25. The van der Waals surface area contributed by atoms with Crippen LogP contribution in [0.1, 0.15) is 57.9 Å². The maximum atomic E-state index is 10.5. The number of hydrogen-bond acceptors (Lipinski definition) is 2. The summed E-state index contributed by atoms with van der Waals surface area (Å²) in [6.07, 6.45) is 3.95. The fraction of sp³-hybridized carbons (Fsp3) is 0.632. The molecule has 2 unspecified atom stereocenters. The fourth-order valence-electron chi connectivity index (χ4n) is 3.12. The molecule has 1 aromatic carbocycles. The van der Waals surface area contributed by atoms with Gasteiger partial charge in [-0.15, -0.1) is 0 Å². The van der Waals surface area contributed by atoms with Crippen molar-refractivity contribution in [2.24, 2.45) is 4.99 Å². The second kappa shape index (κ2) is 8.34. The lowest BCUT2D eigenvalue weighted by Crippen LogP contribution is -2.45. The number of aliphatic hydroxyl groups is 1. The van der Waals surface area contributed by atoms with Gasteiger partial charge >= 0.3 is 0 Å². The van der Waals surface area contributed by atoms with Crippen LogP contribution >= 0.6 is 0 Å². The Hall–Kier alpha value is -1.55. The van der Waals surface area contributed by atoms with Crippen molar-refractivity contribution in [3.05, 3.63) is 35.9 Å². The summed E-state index contributed by atoms with van der Waals surface area (Å²) in [5.74, 6) is 1.18. The molecule has 0 bridgehead atoms. The third kappa shape index (κ3) is 5.24. The lowest BCUT2D eigenvalue weighted by atomic mass is 9.94. The number of hydrogen-bond donors (Lipinski definition) is 3. The monoisotopic (exact) mass is 317 g/mol. The Morgan fingerprint density at radius 1 is 1.22 bits per heavy atom. The molecule has 0 saturated heterocycles. The molecular weight excluding hydrogens is 286 g/mol. The molecule has 3 N–H and O–H groups in total. The molecule has 2 rings (SSSR count). The minimum Gasteiger partial charge on any atom is -0.388 e. The van der Waals surface area contributed by atoms with Gasteiger partial charge in [-0.05, 0) is 32.3 Å². The smallest absolute Gasteiger partial charge is 0.191 e. The van der Waals surface area contributed by atoms with E-state index in [9.17, 15) is 5.11 Å². The van der Waals surface area contributed by atoms with Gasteiger partial charge in [0.05, 0.1) is 12.1 Å². The third-order valence-corrected chi connectivity index (χ3v) is 4.85. The predicted octanol–water partition coefficient (Wildman–Crippen LogP) is 3.04. The largest absolute Gasteiger partial charge is 0.388 e. The van der Waals surface area contributed by atoms with E-state index in [1.54, 1.807) is 0 Å². The molecule has 0 aromatic heterocycles. The summed E-state index contributed by atoms with van der Waals surface area (Å²) in [4.78, 5) is 4.63. The number of rotatable bonds is 6. The molecule has 4 heteroatoms. The zero-order chi connectivity index (χ0) is 16.7. The van der Waals surface area contributed by atoms with Crippen molar-refractivity contribution in [2.75, 3.05) is 13.1 Å². The highest BCUT2D eigenvalue weighted by Gasteiger charge is 2.30. The summed E-state index contributed by atoms with van der Waals surface area (Å²) < 4.78 is 0. The maximum Gasteiger partial charge on any atom is 0.191 e. The number of nitrogens with one attached hydrogen (secondary N) is 2. The van der Waals surface area contributed by atoms with Gasteiger partial charge in [-0.25, -0.2) is 0 Å². The standard InChI is InChI=1S/C19H31N3O/c1-4-20-18(21-14-19(23)12-8-9-13-19)22-16(3)15(2)17-10-6-5-7-11-17/h5-7,10-11,15-16,23H,4,8-9,12-14H2,1-3H3,(H2,20,21,22). The quantitative estimate of drug-likeness (QED) is 0.558. The van der Waals surface area contributed by atoms with Crippen LogP contribution in [0.5, 0.6) is 0 Å². The molecule has 1 aliphatic rings. The molecule has 128 valence electrons. The van der Waals surface area contributed by atoms with E-state index in [1.807, 2.05) is 6.07 Å². The van der Waals surface area contributed by atoms with Gasteiger partial charge in [0.15, 0.2) is 5.96 Å². The molecule has 1 saturated carbocycles. The van der Waals surface area contributed by atoms with Gasteiger partial charge in [0.1, 0.15) is 0 Å². The minimum atomic E-state index is -0.601. The van der Waals surface area contributed by atoms with Crippen molar-refractivity contribution in [3.63, 3.8) is 0 Å². The molecule has 1 fully saturated rings. The number of guanidine groups is 1. The topological polar surface area (TPSA) is 56.7 Å². The van der Waals surface area contributed by atoms with E-state index in [-0.39, 0.29) is 6.04 Å². The van der Waals surface area contributed by atoms with Gasteiger partial charge in [-0.2, -0.15) is 0 Å². The highest BCUT2D eigenvalue weighted by Crippen LogP contribution is 2.29. The van der Waals surface area contributed by atoms with E-state index >= 15 is 0 Å². The van der Waals surface area contributed by atoms with Crippen LogP contribution in [0.4, 0.5) is 0 Å². The third-order valence-electron chi connectivity index (χ3n) is 4.85. The molecule has 1 aromatic rings. The van der Waals surface area contributed by atoms with Gasteiger partial charge in [-0.3, -0.25) is 4.99 Å². The zero-order valence-corrected chi connectivity index (χ0v) is 14.7. The highest BCUT2D eigenvalue weighted by molar-refractivity contribution is 5.80. The SMILES string of the molecule is CCNC(=NCC1(O)CCCC1)NC(C)C(C)c1ccccc1. The van der Waals surface area contributed by atoms with Crippen LogP contribution in [0.25, 0.3) is 0 Å². The van der Waals surface area contributed by atoms with Crippen molar-refractivity contribution in [1.82, 2.24) is 10.6 Å². The number of nitrogens with zero attached hydrogens (tertiary/aromatic N) is 1. The molecular formula is C19H31N3O. The highest BCUT2D eigenvalue weighted by atomic mass is 16.3. The van der Waals surface area contributed by atoms with Crippen LogP contribution in [-0.2, 0) is 0 Å². The lowest BCUT2D eigenvalue weighted by molar-refractivity contribution is 0.0574. The average molecular weight is 317 g/mol. The van der Waals surface area contributed by atoms with Crippen LogP contribution in [0.15, 0.2) is 35.3 Å². The summed E-state index contributed by atoms with van der Waals surface area (Å²) in [6.45, 7) is 7.76. The van der Waals surface area contributed by atoms with Gasteiger partial charge in [-0.1, -0.05) is 50.1 Å². The summed E-state index contributed by atoms with van der Waals surface area (Å²) >= 11 is 0. The van der Waals surface area contributed by atoms with Crippen LogP contribution < -0.4 is 10.6 Å². The van der Waals surface area contributed by atoms with Crippen molar-refractivity contribution in [3.8, 4) is 0 Å². The molecule has 23 heavy (non-hydrogen) atoms. The summed E-state index contributed by atoms with van der Waals surface area (Å²) in [6, 6.07) is 10.8. The van der Waals surface area contributed by atoms with Gasteiger partial charge in [0.2, 0.25) is 0 Å². The summed E-state index contributed by atoms with van der Waals surface area (Å²) in [5, 5.41) is 17.2. The first-order chi connectivity index (χ1) is 11.0. The van der Waals surface area contributed by atoms with Crippen LogP contribution in [-0.4, -0.2) is 35.8 Å². The van der Waals surface area contributed by atoms with E-state index in [4.69, 9.17) is 0 Å². The van der Waals surface area contributed by atoms with Gasteiger partial charge in [0.25, 0.3) is 0 Å². The zero-order valence-electron chi connectivity index (χ0n) is 14.7. The Labute approximate surface area is 140 Å². The van der Waals surface area contributed by atoms with Crippen molar-refractivity contribution in [2.45, 2.75) is 64.0 Å². The molecule has 2 atom stereocenters. The first kappa shape index (κ1) is 17.8. The fourth-order valence-corrected chi connectivity index (χ4v) is 3.12. The van der Waals surface area contributed by atoms with Crippen LogP contribution in [0.3, 0.4) is 0 Å². The van der Waals surface area contributed by atoms with Gasteiger partial charge < -0.3 is 15.7 Å². The van der Waals surface area contributed by atoms with Gasteiger partial charge in [0, 0.05) is 18.5 Å². The second-order valence-corrected chi connectivity index (χ2v) is 6.76. The molecule has 0 amide bonds. The van der Waals surface area contributed by atoms with E-state index in [0.717, 1.165) is 38.2 Å². The molecule has 0 radical (unpaired) electrons. The van der Waals surface area contributed by atoms with Crippen LogP contribution in [0.2, 0.25) is 0 Å². The number of aliphatic imine (C=N–C) groups is 1. The van der Waals surface area contributed by atoms with Crippen molar-refractivity contribution < 1.29 is 5.11 Å². The van der Waals surface area contributed by atoms with Crippen LogP contribution in [0, 0.1) is 0 Å². The van der Waals surface area contributed by atoms with Crippen molar-refractivity contribution in [1.29, 1.82) is 0 Å². The summed E-state index contributed by atoms with van der Waals surface area (Å²) in [5.41, 5.74) is 0.717. The average Bonchev–Trinajstić information content (AvgIpc) is 3.00.